The van der Waals surface area contributed by atoms with Gasteiger partial charge in [-0.25, -0.2) is 14.4 Å². The molecule has 2 rings (SSSR count). The standard InChI is InChI=1S/C12H12FN3O/c1-17-12-3-2-8(4-10(12)13)11-5-9(6-14)15-7-16-11/h2-5,7H,6,14H2,1H3. The second-order valence-corrected chi connectivity index (χ2v) is 3.45. The Morgan fingerprint density at radius 3 is 2.76 bits per heavy atom. The van der Waals surface area contributed by atoms with E-state index in [2.05, 4.69) is 9.97 Å². The summed E-state index contributed by atoms with van der Waals surface area (Å²) in [5.74, 6) is -0.209. The molecule has 2 N–H and O–H groups in total. The zero-order valence-corrected chi connectivity index (χ0v) is 9.35. The summed E-state index contributed by atoms with van der Waals surface area (Å²) in [7, 11) is 1.43. The van der Waals surface area contributed by atoms with Crippen molar-refractivity contribution < 1.29 is 9.13 Å². The van der Waals surface area contributed by atoms with E-state index in [1.165, 1.54) is 19.5 Å². The van der Waals surface area contributed by atoms with Gasteiger partial charge in [-0.1, -0.05) is 0 Å². The molecule has 0 saturated heterocycles. The van der Waals surface area contributed by atoms with Crippen LogP contribution in [0.2, 0.25) is 0 Å². The lowest BCUT2D eigenvalue weighted by atomic mass is 10.1. The number of nitrogens with two attached hydrogens (primary N) is 1. The number of hydrogen-bond donors (Lipinski definition) is 1. The second kappa shape index (κ2) is 4.88. The van der Waals surface area contributed by atoms with Crippen molar-refractivity contribution in [3.8, 4) is 17.0 Å². The number of halogens is 1. The lowest BCUT2D eigenvalue weighted by Crippen LogP contribution is -2.00. The molecule has 5 heteroatoms. The highest BCUT2D eigenvalue weighted by Gasteiger charge is 2.06. The van der Waals surface area contributed by atoms with Crippen LogP contribution in [0.25, 0.3) is 11.3 Å². The van der Waals surface area contributed by atoms with Gasteiger partial charge in [-0.05, 0) is 24.3 Å². The van der Waals surface area contributed by atoms with Crippen LogP contribution in [0.1, 0.15) is 5.69 Å². The fraction of sp³-hybridized carbons (Fsp3) is 0.167. The van der Waals surface area contributed by atoms with E-state index in [-0.39, 0.29) is 5.75 Å². The molecule has 0 fully saturated rings. The zero-order valence-electron chi connectivity index (χ0n) is 9.35. The summed E-state index contributed by atoms with van der Waals surface area (Å²) in [6.45, 7) is 0.328. The molecule has 0 atom stereocenters. The smallest absolute Gasteiger partial charge is 0.165 e. The van der Waals surface area contributed by atoms with Gasteiger partial charge in [0.2, 0.25) is 0 Å². The lowest BCUT2D eigenvalue weighted by molar-refractivity contribution is 0.386. The van der Waals surface area contributed by atoms with Crippen molar-refractivity contribution in [3.05, 3.63) is 42.1 Å². The normalized spacial score (nSPS) is 10.3. The molecule has 17 heavy (non-hydrogen) atoms. The predicted octanol–water partition coefficient (Wildman–Crippen LogP) is 1.75. The summed E-state index contributed by atoms with van der Waals surface area (Å²) in [5, 5.41) is 0. The molecule has 0 saturated carbocycles. The summed E-state index contributed by atoms with van der Waals surface area (Å²) in [4.78, 5) is 8.07. The number of methoxy groups -OCH3 is 1. The Bertz CT molecular complexity index is 531. The molecule has 1 heterocycles. The minimum absolute atomic E-state index is 0.210. The largest absolute Gasteiger partial charge is 0.494 e. The molecule has 0 bridgehead atoms. The van der Waals surface area contributed by atoms with Gasteiger partial charge in [-0.2, -0.15) is 0 Å². The van der Waals surface area contributed by atoms with Gasteiger partial charge in [-0.15, -0.1) is 0 Å². The molecule has 4 nitrogen and oxygen atoms in total. The summed E-state index contributed by atoms with van der Waals surface area (Å²) in [6.07, 6.45) is 1.42. The highest BCUT2D eigenvalue weighted by molar-refractivity contribution is 5.60. The maximum Gasteiger partial charge on any atom is 0.165 e. The van der Waals surface area contributed by atoms with Crippen molar-refractivity contribution in [3.63, 3.8) is 0 Å². The van der Waals surface area contributed by atoms with Crippen molar-refractivity contribution in [2.24, 2.45) is 5.73 Å². The molecule has 0 aliphatic heterocycles. The van der Waals surface area contributed by atoms with Gasteiger partial charge in [0, 0.05) is 12.1 Å². The van der Waals surface area contributed by atoms with Crippen molar-refractivity contribution in [1.29, 1.82) is 0 Å². The Morgan fingerprint density at radius 1 is 1.29 bits per heavy atom. The van der Waals surface area contributed by atoms with E-state index in [0.717, 1.165) is 0 Å². The number of aromatic nitrogens is 2. The van der Waals surface area contributed by atoms with Gasteiger partial charge in [0.05, 0.1) is 18.5 Å². The van der Waals surface area contributed by atoms with Crippen LogP contribution in [0, 0.1) is 5.82 Å². The molecular weight excluding hydrogens is 221 g/mol. The van der Waals surface area contributed by atoms with Gasteiger partial charge in [-0.3, -0.25) is 0 Å². The Kier molecular flexibility index (Phi) is 3.30. The molecule has 0 radical (unpaired) electrons. The summed E-state index contributed by atoms with van der Waals surface area (Å²) in [6, 6.07) is 6.42. The minimum atomic E-state index is -0.419. The molecule has 0 unspecified atom stereocenters. The predicted molar refractivity (Wildman–Crippen MR) is 61.9 cm³/mol. The fourth-order valence-electron chi connectivity index (χ4n) is 1.49. The molecular formula is C12H12FN3O. The molecule has 1 aromatic carbocycles. The van der Waals surface area contributed by atoms with Gasteiger partial charge < -0.3 is 10.5 Å². The molecule has 0 spiro atoms. The SMILES string of the molecule is COc1ccc(-c2cc(CN)ncn2)cc1F. The average Bonchev–Trinajstić information content (AvgIpc) is 2.38. The molecule has 0 aliphatic carbocycles. The molecule has 88 valence electrons. The maximum absolute atomic E-state index is 13.5. The first-order chi connectivity index (χ1) is 8.24. The highest BCUT2D eigenvalue weighted by atomic mass is 19.1. The molecule has 1 aromatic heterocycles. The molecule has 2 aromatic rings. The number of rotatable bonds is 3. The van der Waals surface area contributed by atoms with Crippen LogP contribution in [-0.2, 0) is 6.54 Å². The minimum Gasteiger partial charge on any atom is -0.494 e. The quantitative estimate of drug-likeness (QED) is 0.877. The number of ether oxygens (including phenoxy) is 1. The van der Waals surface area contributed by atoms with E-state index in [1.54, 1.807) is 18.2 Å². The van der Waals surface area contributed by atoms with Crippen molar-refractivity contribution in [1.82, 2.24) is 9.97 Å². The third-order valence-electron chi connectivity index (χ3n) is 2.38. The van der Waals surface area contributed by atoms with Crippen LogP contribution in [0.15, 0.2) is 30.6 Å². The van der Waals surface area contributed by atoms with E-state index in [9.17, 15) is 4.39 Å². The van der Waals surface area contributed by atoms with Gasteiger partial charge >= 0.3 is 0 Å². The highest BCUT2D eigenvalue weighted by Crippen LogP contribution is 2.24. The Labute approximate surface area is 98.3 Å². The average molecular weight is 233 g/mol. The number of nitrogens with zero attached hydrogens (tertiary/aromatic N) is 2. The molecule has 0 aliphatic rings. The zero-order chi connectivity index (χ0) is 12.3. The maximum atomic E-state index is 13.5. The van der Waals surface area contributed by atoms with Gasteiger partial charge in [0.1, 0.15) is 6.33 Å². The summed E-state index contributed by atoms with van der Waals surface area (Å²) < 4.78 is 18.4. The van der Waals surface area contributed by atoms with E-state index in [1.807, 2.05) is 0 Å². The van der Waals surface area contributed by atoms with E-state index in [4.69, 9.17) is 10.5 Å². The Hall–Kier alpha value is -2.01. The third kappa shape index (κ3) is 2.39. The second-order valence-electron chi connectivity index (χ2n) is 3.45. The van der Waals surface area contributed by atoms with Crippen LogP contribution in [0.3, 0.4) is 0 Å². The van der Waals surface area contributed by atoms with E-state index in [0.29, 0.717) is 23.5 Å². The van der Waals surface area contributed by atoms with Crippen molar-refractivity contribution >= 4 is 0 Å². The Balaban J connectivity index is 2.42. The van der Waals surface area contributed by atoms with Crippen LogP contribution < -0.4 is 10.5 Å². The van der Waals surface area contributed by atoms with Crippen LogP contribution in [-0.4, -0.2) is 17.1 Å². The summed E-state index contributed by atoms with van der Waals surface area (Å²) >= 11 is 0. The topological polar surface area (TPSA) is 61.0 Å². The third-order valence-corrected chi connectivity index (χ3v) is 2.38. The number of hydrogen-bond acceptors (Lipinski definition) is 4. The Morgan fingerprint density at radius 2 is 2.12 bits per heavy atom. The summed E-state index contributed by atoms with van der Waals surface area (Å²) in [5.41, 5.74) is 7.51. The number of benzene rings is 1. The first kappa shape index (κ1) is 11.5. The van der Waals surface area contributed by atoms with Crippen molar-refractivity contribution in [2.45, 2.75) is 6.54 Å². The van der Waals surface area contributed by atoms with Gasteiger partial charge in [0.15, 0.2) is 11.6 Å². The van der Waals surface area contributed by atoms with Crippen LogP contribution in [0.4, 0.5) is 4.39 Å². The molecule has 0 amide bonds. The first-order valence-corrected chi connectivity index (χ1v) is 5.09. The fourth-order valence-corrected chi connectivity index (χ4v) is 1.49. The van der Waals surface area contributed by atoms with E-state index < -0.39 is 5.82 Å². The van der Waals surface area contributed by atoms with Gasteiger partial charge in [0.25, 0.3) is 0 Å². The van der Waals surface area contributed by atoms with Crippen molar-refractivity contribution in [2.75, 3.05) is 7.11 Å². The van der Waals surface area contributed by atoms with Crippen LogP contribution in [0.5, 0.6) is 5.75 Å². The monoisotopic (exact) mass is 233 g/mol. The lowest BCUT2D eigenvalue weighted by Gasteiger charge is -2.05. The van der Waals surface area contributed by atoms with E-state index >= 15 is 0 Å². The van der Waals surface area contributed by atoms with Crippen LogP contribution >= 0.6 is 0 Å². The first-order valence-electron chi connectivity index (χ1n) is 5.09.